The highest BCUT2D eigenvalue weighted by Gasteiger charge is 2.22. The zero-order valence-corrected chi connectivity index (χ0v) is 17.2. The van der Waals surface area contributed by atoms with E-state index in [0.29, 0.717) is 28.0 Å². The molecule has 1 amide bonds. The van der Waals surface area contributed by atoms with E-state index in [9.17, 15) is 4.79 Å². The lowest BCUT2D eigenvalue weighted by Gasteiger charge is -2.08. The van der Waals surface area contributed by atoms with Crippen LogP contribution in [-0.2, 0) is 0 Å². The van der Waals surface area contributed by atoms with Gasteiger partial charge in [0.25, 0.3) is 5.91 Å². The van der Waals surface area contributed by atoms with E-state index in [0.717, 1.165) is 21.7 Å². The highest BCUT2D eigenvalue weighted by atomic mass is 32.1. The molecule has 4 aromatic heterocycles. The Morgan fingerprint density at radius 3 is 2.63 bits per heavy atom. The lowest BCUT2D eigenvalue weighted by atomic mass is 10.1. The van der Waals surface area contributed by atoms with E-state index in [4.69, 9.17) is 9.40 Å². The fourth-order valence-electron chi connectivity index (χ4n) is 3.35. The number of carbonyl (C=O) groups is 1. The number of benzene rings is 1. The minimum Gasteiger partial charge on any atom is -0.462 e. The Morgan fingerprint density at radius 2 is 1.87 bits per heavy atom. The van der Waals surface area contributed by atoms with E-state index in [-0.39, 0.29) is 5.91 Å². The molecule has 0 saturated carbocycles. The van der Waals surface area contributed by atoms with Crippen molar-refractivity contribution in [2.75, 3.05) is 5.32 Å². The van der Waals surface area contributed by atoms with Crippen LogP contribution in [-0.4, -0.2) is 20.3 Å². The van der Waals surface area contributed by atoms with E-state index < -0.39 is 0 Å². The number of imidazole rings is 1. The number of furan rings is 1. The number of nitrogens with one attached hydrogen (secondary N) is 1. The van der Waals surface area contributed by atoms with Crippen LogP contribution in [0.4, 0.5) is 5.82 Å². The third-order valence-electron chi connectivity index (χ3n) is 4.79. The van der Waals surface area contributed by atoms with Crippen LogP contribution in [0, 0.1) is 13.8 Å². The predicted octanol–water partition coefficient (Wildman–Crippen LogP) is 5.59. The Bertz CT molecular complexity index is 1350. The van der Waals surface area contributed by atoms with Gasteiger partial charge in [0.15, 0.2) is 10.8 Å². The molecule has 1 N–H and O–H groups in total. The summed E-state index contributed by atoms with van der Waals surface area (Å²) in [5.41, 5.74) is 3.86. The molecule has 0 saturated heterocycles. The fourth-order valence-corrected chi connectivity index (χ4v) is 4.23. The normalized spacial score (nSPS) is 11.1. The van der Waals surface area contributed by atoms with Crippen molar-refractivity contribution in [1.82, 2.24) is 14.4 Å². The third kappa shape index (κ3) is 3.19. The first-order chi connectivity index (χ1) is 14.6. The summed E-state index contributed by atoms with van der Waals surface area (Å²) in [6, 6.07) is 17.4. The lowest BCUT2D eigenvalue weighted by molar-refractivity contribution is 0.102. The van der Waals surface area contributed by atoms with E-state index >= 15 is 0 Å². The molecule has 148 valence electrons. The molecule has 0 aliphatic rings. The number of aromatic nitrogens is 3. The van der Waals surface area contributed by atoms with Crippen LogP contribution in [0.2, 0.25) is 0 Å². The first-order valence-electron chi connectivity index (χ1n) is 9.47. The quantitative estimate of drug-likeness (QED) is 0.416. The van der Waals surface area contributed by atoms with E-state index in [1.54, 1.807) is 12.3 Å². The highest BCUT2D eigenvalue weighted by Crippen LogP contribution is 2.31. The van der Waals surface area contributed by atoms with Crippen molar-refractivity contribution < 1.29 is 9.21 Å². The number of rotatable bonds is 4. The Hall–Kier alpha value is -3.71. The van der Waals surface area contributed by atoms with Gasteiger partial charge in [-0.05, 0) is 37.6 Å². The first kappa shape index (κ1) is 18.3. The van der Waals surface area contributed by atoms with Gasteiger partial charge in [-0.15, -0.1) is 11.3 Å². The maximum absolute atomic E-state index is 13.2. The fraction of sp³-hybridized carbons (Fsp3) is 0.0870. The molecule has 4 heterocycles. The van der Waals surface area contributed by atoms with Crippen LogP contribution in [0.3, 0.4) is 0 Å². The van der Waals surface area contributed by atoms with E-state index in [1.165, 1.54) is 11.3 Å². The Labute approximate surface area is 176 Å². The molecule has 0 spiro atoms. The van der Waals surface area contributed by atoms with Crippen molar-refractivity contribution in [2.45, 2.75) is 13.8 Å². The molecule has 5 rings (SSSR count). The van der Waals surface area contributed by atoms with Crippen LogP contribution in [0.5, 0.6) is 0 Å². The van der Waals surface area contributed by atoms with Gasteiger partial charge in [-0.2, -0.15) is 0 Å². The summed E-state index contributed by atoms with van der Waals surface area (Å²) in [4.78, 5) is 23.3. The zero-order valence-electron chi connectivity index (χ0n) is 16.4. The molecule has 0 aliphatic carbocycles. The molecule has 0 aliphatic heterocycles. The molecule has 6 nitrogen and oxygen atoms in total. The van der Waals surface area contributed by atoms with Gasteiger partial charge in [0.2, 0.25) is 0 Å². The topological polar surface area (TPSA) is 72.4 Å². The van der Waals surface area contributed by atoms with Crippen LogP contribution >= 0.6 is 11.3 Å². The van der Waals surface area contributed by atoms with Crippen LogP contribution < -0.4 is 5.32 Å². The molecule has 30 heavy (non-hydrogen) atoms. The van der Waals surface area contributed by atoms with E-state index in [2.05, 4.69) is 10.3 Å². The lowest BCUT2D eigenvalue weighted by Crippen LogP contribution is -2.15. The molecule has 7 heteroatoms. The van der Waals surface area contributed by atoms with Crippen molar-refractivity contribution >= 4 is 28.7 Å². The summed E-state index contributed by atoms with van der Waals surface area (Å²) in [5.74, 6) is 0.997. The maximum Gasteiger partial charge on any atom is 0.276 e. The number of amides is 1. The highest BCUT2D eigenvalue weighted by molar-refractivity contribution is 7.15. The minimum atomic E-state index is -0.276. The maximum atomic E-state index is 13.2. The van der Waals surface area contributed by atoms with Gasteiger partial charge in [-0.3, -0.25) is 9.20 Å². The van der Waals surface area contributed by atoms with Gasteiger partial charge in [0.05, 0.1) is 6.26 Å². The number of anilines is 1. The molecular weight excluding hydrogens is 396 g/mol. The predicted molar refractivity (Wildman–Crippen MR) is 118 cm³/mol. The molecule has 0 radical (unpaired) electrons. The molecule has 0 bridgehead atoms. The minimum absolute atomic E-state index is 0.276. The van der Waals surface area contributed by atoms with Crippen LogP contribution in [0.1, 0.15) is 20.9 Å². The largest absolute Gasteiger partial charge is 0.462 e. The number of pyridine rings is 1. The SMILES string of the molecule is Cc1ccc2nc(-c3ccccc3)c(NC(=O)c3nc(-c4ccco4)sc3C)n2c1. The third-order valence-corrected chi connectivity index (χ3v) is 5.77. The molecule has 5 aromatic rings. The average Bonchev–Trinajstić information content (AvgIpc) is 3.48. The zero-order chi connectivity index (χ0) is 20.7. The van der Waals surface area contributed by atoms with Crippen molar-refractivity contribution in [2.24, 2.45) is 0 Å². The first-order valence-corrected chi connectivity index (χ1v) is 10.3. The van der Waals surface area contributed by atoms with Crippen molar-refractivity contribution in [3.8, 4) is 22.0 Å². The number of aryl methyl sites for hydroxylation is 2. The standard InChI is InChI=1S/C23H18N4O2S/c1-14-10-11-18-24-20(16-7-4-3-5-8-16)21(27(18)13-14)26-22(28)19-15(2)30-23(25-19)17-9-6-12-29-17/h3-13H,1-2H3,(H,26,28). The molecule has 0 fully saturated rings. The van der Waals surface area contributed by atoms with Crippen LogP contribution in [0.25, 0.3) is 27.7 Å². The second-order valence-electron chi connectivity index (χ2n) is 6.96. The summed E-state index contributed by atoms with van der Waals surface area (Å²) in [6.07, 6.45) is 3.56. The van der Waals surface area contributed by atoms with Gasteiger partial charge in [0, 0.05) is 16.6 Å². The van der Waals surface area contributed by atoms with Crippen LogP contribution in [0.15, 0.2) is 71.5 Å². The Morgan fingerprint density at radius 1 is 1.03 bits per heavy atom. The van der Waals surface area contributed by atoms with Crippen molar-refractivity contribution in [1.29, 1.82) is 0 Å². The van der Waals surface area contributed by atoms with Gasteiger partial charge in [-0.1, -0.05) is 36.4 Å². The molecular formula is C23H18N4O2S. The summed E-state index contributed by atoms with van der Waals surface area (Å²) >= 11 is 1.43. The van der Waals surface area contributed by atoms with Crippen molar-refractivity contribution in [3.63, 3.8) is 0 Å². The summed E-state index contributed by atoms with van der Waals surface area (Å²) in [5, 5.41) is 3.73. The van der Waals surface area contributed by atoms with Gasteiger partial charge < -0.3 is 9.73 Å². The summed E-state index contributed by atoms with van der Waals surface area (Å²) < 4.78 is 7.33. The number of carbonyl (C=O) groups excluding carboxylic acids is 1. The number of nitrogens with zero attached hydrogens (tertiary/aromatic N) is 3. The summed E-state index contributed by atoms with van der Waals surface area (Å²) in [7, 11) is 0. The smallest absolute Gasteiger partial charge is 0.276 e. The van der Waals surface area contributed by atoms with Gasteiger partial charge >= 0.3 is 0 Å². The number of fused-ring (bicyclic) bond motifs is 1. The monoisotopic (exact) mass is 414 g/mol. The number of hydrogen-bond donors (Lipinski definition) is 1. The van der Waals surface area contributed by atoms with Crippen molar-refractivity contribution in [3.05, 3.63) is 83.2 Å². The second kappa shape index (κ2) is 7.27. The number of thiazole rings is 1. The Balaban J connectivity index is 1.58. The average molecular weight is 414 g/mol. The number of hydrogen-bond acceptors (Lipinski definition) is 5. The summed E-state index contributed by atoms with van der Waals surface area (Å²) in [6.45, 7) is 3.89. The van der Waals surface area contributed by atoms with Gasteiger partial charge in [-0.25, -0.2) is 9.97 Å². The van der Waals surface area contributed by atoms with Gasteiger partial charge in [0.1, 0.15) is 22.9 Å². The molecule has 0 unspecified atom stereocenters. The second-order valence-corrected chi connectivity index (χ2v) is 8.17. The van der Waals surface area contributed by atoms with E-state index in [1.807, 2.05) is 73.0 Å². The molecule has 0 atom stereocenters. The molecule has 1 aromatic carbocycles. The Kier molecular flexibility index (Phi) is 4.44.